The van der Waals surface area contributed by atoms with Crippen molar-refractivity contribution in [1.82, 2.24) is 24.1 Å². The van der Waals surface area contributed by atoms with E-state index in [1.54, 1.807) is 4.57 Å². The fraction of sp³-hybridized carbons (Fsp3) is 0.458. The second kappa shape index (κ2) is 10.9. The number of fused-ring (bicyclic) bond motifs is 1. The number of pyridine rings is 1. The molecule has 1 N–H and O–H groups in total. The molecular formula is C24H28FN5O4. The number of nitrogens with one attached hydrogen (secondary N) is 1. The molecule has 0 aliphatic heterocycles. The monoisotopic (exact) mass is 469 g/mol. The Bertz CT molecular complexity index is 1340. The van der Waals surface area contributed by atoms with Gasteiger partial charge in [-0.1, -0.05) is 26.7 Å². The lowest BCUT2D eigenvalue weighted by molar-refractivity contribution is -0.131. The number of hydrogen-bond acceptors (Lipinski definition) is 6. The Balaban J connectivity index is 0.000000212. The number of aromatic nitrogens is 5. The van der Waals surface area contributed by atoms with Gasteiger partial charge in [0.2, 0.25) is 5.95 Å². The number of nitrogens with zero attached hydrogens (tertiary/aromatic N) is 4. The lowest BCUT2D eigenvalue weighted by atomic mass is 10.4. The molecule has 0 saturated heterocycles. The second-order valence-electron chi connectivity index (χ2n) is 7.64. The fourth-order valence-electron chi connectivity index (χ4n) is 3.24. The van der Waals surface area contributed by atoms with Crippen LogP contribution in [0.5, 0.6) is 5.75 Å². The Labute approximate surface area is 196 Å². The molecule has 0 amide bonds. The fourth-order valence-corrected chi connectivity index (χ4v) is 3.24. The average Bonchev–Trinajstić information content (AvgIpc) is 3.75. The molecule has 2 aliphatic carbocycles. The lowest BCUT2D eigenvalue weighted by Crippen LogP contribution is -2.39. The van der Waals surface area contributed by atoms with Crippen LogP contribution >= 0.6 is 0 Å². The van der Waals surface area contributed by atoms with Gasteiger partial charge in [0.05, 0.1) is 6.20 Å². The molecular weight excluding hydrogens is 441 g/mol. The predicted octanol–water partition coefficient (Wildman–Crippen LogP) is 3.49. The van der Waals surface area contributed by atoms with E-state index in [1.165, 1.54) is 17.6 Å². The maximum Gasteiger partial charge on any atom is 0.333 e. The van der Waals surface area contributed by atoms with E-state index < -0.39 is 11.9 Å². The molecule has 3 heterocycles. The van der Waals surface area contributed by atoms with Crippen molar-refractivity contribution in [2.75, 3.05) is 0 Å². The van der Waals surface area contributed by atoms with Gasteiger partial charge in [0, 0.05) is 25.4 Å². The maximum atomic E-state index is 12.6. The Kier molecular flexibility index (Phi) is 7.99. The molecule has 3 aromatic heterocycles. The van der Waals surface area contributed by atoms with E-state index in [0.717, 1.165) is 44.4 Å². The quantitative estimate of drug-likeness (QED) is 0.357. The molecule has 34 heavy (non-hydrogen) atoms. The minimum Gasteiger partial charge on any atom is -0.425 e. The van der Waals surface area contributed by atoms with Crippen LogP contribution in [0.25, 0.3) is 11.2 Å². The molecule has 10 heteroatoms. The number of carbonyl (C=O) groups excluding carboxylic acids is 1. The van der Waals surface area contributed by atoms with Gasteiger partial charge in [-0.3, -0.25) is 18.7 Å². The van der Waals surface area contributed by atoms with Gasteiger partial charge < -0.3 is 9.72 Å². The number of hydrogen-bond donors (Lipinski definition) is 1. The summed E-state index contributed by atoms with van der Waals surface area (Å²) in [6.45, 7) is 7.22. The number of rotatable bonds is 3. The van der Waals surface area contributed by atoms with Gasteiger partial charge in [0.15, 0.2) is 17.0 Å². The van der Waals surface area contributed by atoms with E-state index in [1.807, 2.05) is 20.8 Å². The first-order valence-corrected chi connectivity index (χ1v) is 11.4. The smallest absolute Gasteiger partial charge is 0.333 e. The molecule has 0 radical (unpaired) electrons. The summed E-state index contributed by atoms with van der Waals surface area (Å²) in [5, 5.41) is 0. The molecule has 3 aromatic rings. The van der Waals surface area contributed by atoms with Crippen molar-refractivity contribution in [2.24, 2.45) is 0 Å². The highest BCUT2D eigenvalue weighted by atomic mass is 19.1. The van der Waals surface area contributed by atoms with Gasteiger partial charge in [0.1, 0.15) is 5.75 Å². The Hall–Kier alpha value is -3.74. The van der Waals surface area contributed by atoms with E-state index in [0.29, 0.717) is 17.0 Å². The number of halogens is 1. The maximum absolute atomic E-state index is 12.6. The van der Waals surface area contributed by atoms with Crippen molar-refractivity contribution in [2.45, 2.75) is 71.9 Å². The first-order valence-electron chi connectivity index (χ1n) is 11.4. The topological polar surface area (TPSA) is 112 Å². The highest BCUT2D eigenvalue weighted by Crippen LogP contribution is 2.36. The Morgan fingerprint density at radius 3 is 2.35 bits per heavy atom. The van der Waals surface area contributed by atoms with E-state index in [2.05, 4.69) is 31.5 Å². The van der Waals surface area contributed by atoms with Crippen LogP contribution in [0.3, 0.4) is 0 Å². The Morgan fingerprint density at radius 1 is 1.18 bits per heavy atom. The standard InChI is InChI=1S/C15H16N4O2.C7H6FNO2.C2H6/c1-2-3-4-11-16-12-13(17-11)18(9-5-6-9)15(21)19(14(12)20)10-7-8-10;1-5(10)11-6-2-3-7(8)9-4-6;1-2/h9-10H,2,5-8H2,1H3,(H,16,17);2-4H,1H3;1-2H3. The van der Waals surface area contributed by atoms with Gasteiger partial charge in [-0.2, -0.15) is 4.39 Å². The largest absolute Gasteiger partial charge is 0.425 e. The van der Waals surface area contributed by atoms with Crippen molar-refractivity contribution < 1.29 is 13.9 Å². The van der Waals surface area contributed by atoms with Gasteiger partial charge >= 0.3 is 11.7 Å². The number of esters is 1. The summed E-state index contributed by atoms with van der Waals surface area (Å²) in [5.74, 6) is 5.51. The molecule has 0 bridgehead atoms. The van der Waals surface area contributed by atoms with E-state index in [4.69, 9.17) is 0 Å². The van der Waals surface area contributed by atoms with Crippen molar-refractivity contribution in [3.8, 4) is 17.6 Å². The number of aromatic amines is 1. The lowest BCUT2D eigenvalue weighted by Gasteiger charge is -2.09. The second-order valence-corrected chi connectivity index (χ2v) is 7.64. The first-order chi connectivity index (χ1) is 16.4. The molecule has 5 rings (SSSR count). The molecule has 0 unspecified atom stereocenters. The van der Waals surface area contributed by atoms with Crippen LogP contribution in [0.4, 0.5) is 4.39 Å². The predicted molar refractivity (Wildman–Crippen MR) is 125 cm³/mol. The molecule has 2 aliphatic rings. The minimum atomic E-state index is -0.596. The summed E-state index contributed by atoms with van der Waals surface area (Å²) in [6, 6.07) is 2.70. The highest BCUT2D eigenvalue weighted by molar-refractivity contribution is 5.71. The van der Waals surface area contributed by atoms with Crippen LogP contribution < -0.4 is 16.0 Å². The molecule has 180 valence electrons. The molecule has 2 fully saturated rings. The first kappa shape index (κ1) is 24.9. The van der Waals surface area contributed by atoms with E-state index in [9.17, 15) is 18.8 Å². The van der Waals surface area contributed by atoms with Gasteiger partial charge in [0.25, 0.3) is 5.56 Å². The summed E-state index contributed by atoms with van der Waals surface area (Å²) in [7, 11) is 0. The molecule has 0 aromatic carbocycles. The third-order valence-electron chi connectivity index (χ3n) is 4.93. The number of imidazole rings is 1. The van der Waals surface area contributed by atoms with Crippen molar-refractivity contribution >= 4 is 17.1 Å². The van der Waals surface area contributed by atoms with E-state index in [-0.39, 0.29) is 29.1 Å². The average molecular weight is 470 g/mol. The van der Waals surface area contributed by atoms with Crippen LogP contribution in [0.15, 0.2) is 27.9 Å². The number of ether oxygens (including phenoxy) is 1. The molecule has 0 spiro atoms. The SMILES string of the molecule is CC.CC(=O)Oc1ccc(F)nc1.CCC#Cc1nc2c([nH]1)c(=O)n(C1CC1)c(=O)n2C1CC1. The summed E-state index contributed by atoms with van der Waals surface area (Å²) >= 11 is 0. The number of carbonyl (C=O) groups is 1. The minimum absolute atomic E-state index is 0.0628. The zero-order chi connectivity index (χ0) is 24.8. The summed E-state index contributed by atoms with van der Waals surface area (Å²) in [5.41, 5.74) is 0.407. The van der Waals surface area contributed by atoms with Gasteiger partial charge in [-0.05, 0) is 43.7 Å². The normalized spacial score (nSPS) is 14.1. The van der Waals surface area contributed by atoms with Crippen LogP contribution in [0, 0.1) is 17.8 Å². The molecule has 9 nitrogen and oxygen atoms in total. The summed E-state index contributed by atoms with van der Waals surface area (Å²) in [4.78, 5) is 46.2. The molecule has 2 saturated carbocycles. The van der Waals surface area contributed by atoms with Crippen LogP contribution in [-0.4, -0.2) is 30.1 Å². The van der Waals surface area contributed by atoms with Crippen LogP contribution in [0.2, 0.25) is 0 Å². The van der Waals surface area contributed by atoms with Gasteiger partial charge in [-0.15, -0.1) is 0 Å². The zero-order valence-corrected chi connectivity index (χ0v) is 19.7. The third-order valence-corrected chi connectivity index (χ3v) is 4.93. The van der Waals surface area contributed by atoms with Crippen LogP contribution in [-0.2, 0) is 4.79 Å². The Morgan fingerprint density at radius 2 is 1.82 bits per heavy atom. The number of H-pyrrole nitrogens is 1. The molecule has 0 atom stereocenters. The van der Waals surface area contributed by atoms with Crippen molar-refractivity contribution in [3.63, 3.8) is 0 Å². The van der Waals surface area contributed by atoms with E-state index >= 15 is 0 Å². The summed E-state index contributed by atoms with van der Waals surface area (Å²) in [6.07, 6.45) is 5.63. The van der Waals surface area contributed by atoms with Crippen molar-refractivity contribution in [1.29, 1.82) is 0 Å². The zero-order valence-electron chi connectivity index (χ0n) is 19.7. The summed E-state index contributed by atoms with van der Waals surface area (Å²) < 4.78 is 19.9. The van der Waals surface area contributed by atoms with Crippen molar-refractivity contribution in [3.05, 3.63) is 50.9 Å². The van der Waals surface area contributed by atoms with Gasteiger partial charge in [-0.25, -0.2) is 14.8 Å². The van der Waals surface area contributed by atoms with Crippen LogP contribution in [0.1, 0.15) is 77.7 Å². The third kappa shape index (κ3) is 5.78. The highest BCUT2D eigenvalue weighted by Gasteiger charge is 2.34.